The molecule has 0 N–H and O–H groups in total. The molecule has 0 aliphatic heterocycles. The van der Waals surface area contributed by atoms with E-state index < -0.39 is 5.60 Å². The third kappa shape index (κ3) is 5.25. The highest BCUT2D eigenvalue weighted by Crippen LogP contribution is 2.22. The molecule has 0 saturated heterocycles. The van der Waals surface area contributed by atoms with Gasteiger partial charge in [-0.15, -0.1) is 0 Å². The van der Waals surface area contributed by atoms with Crippen LogP contribution in [-0.4, -0.2) is 5.60 Å². The molecule has 1 nitrogen and oxygen atoms in total. The van der Waals surface area contributed by atoms with Crippen molar-refractivity contribution in [3.05, 3.63) is 0 Å². The molecule has 0 aliphatic rings. The standard InChI is InChI=1S/C10H21O/c1-5-6-7-8-9(2)10(3,4)11/h9H,5-8H2,1-4H3. The van der Waals surface area contributed by atoms with Crippen LogP contribution >= 0.6 is 0 Å². The summed E-state index contributed by atoms with van der Waals surface area (Å²) in [6, 6.07) is 0. The number of hydrogen-bond donors (Lipinski definition) is 0. The molecular formula is C10H21O. The maximum absolute atomic E-state index is 11.4. The topological polar surface area (TPSA) is 19.9 Å². The number of unbranched alkanes of at least 4 members (excludes halogenated alkanes) is 2. The highest BCUT2D eigenvalue weighted by Gasteiger charge is 2.23. The van der Waals surface area contributed by atoms with E-state index >= 15 is 0 Å². The number of rotatable bonds is 5. The monoisotopic (exact) mass is 157 g/mol. The van der Waals surface area contributed by atoms with Crippen LogP contribution in [0.1, 0.15) is 53.4 Å². The maximum Gasteiger partial charge on any atom is 0.101 e. The molecule has 67 valence electrons. The fourth-order valence-electron chi connectivity index (χ4n) is 1.05. The van der Waals surface area contributed by atoms with Crippen LogP contribution in [0.25, 0.3) is 0 Å². The SMILES string of the molecule is CCCCCC(C)C(C)(C)[O]. The average molecular weight is 157 g/mol. The predicted octanol–water partition coefficient (Wildman–Crippen LogP) is 3.41. The lowest BCUT2D eigenvalue weighted by Gasteiger charge is -2.22. The first-order valence-corrected chi connectivity index (χ1v) is 4.69. The second-order valence-electron chi connectivity index (χ2n) is 4.00. The van der Waals surface area contributed by atoms with Gasteiger partial charge in [-0.25, -0.2) is 5.11 Å². The second kappa shape index (κ2) is 4.76. The highest BCUT2D eigenvalue weighted by atomic mass is 16.3. The first-order valence-electron chi connectivity index (χ1n) is 4.69. The highest BCUT2D eigenvalue weighted by molar-refractivity contribution is 4.72. The Morgan fingerprint density at radius 2 is 1.82 bits per heavy atom. The lowest BCUT2D eigenvalue weighted by molar-refractivity contribution is -0.0440. The minimum absolute atomic E-state index is 0.314. The van der Waals surface area contributed by atoms with Crippen molar-refractivity contribution in [1.29, 1.82) is 0 Å². The van der Waals surface area contributed by atoms with Gasteiger partial charge in [0.15, 0.2) is 0 Å². The summed E-state index contributed by atoms with van der Waals surface area (Å²) in [6.07, 6.45) is 4.81. The molecule has 11 heavy (non-hydrogen) atoms. The summed E-state index contributed by atoms with van der Waals surface area (Å²) in [6.45, 7) is 7.81. The summed E-state index contributed by atoms with van der Waals surface area (Å²) < 4.78 is 0. The molecule has 1 radical (unpaired) electrons. The lowest BCUT2D eigenvalue weighted by atomic mass is 9.88. The Kier molecular flexibility index (Phi) is 4.74. The van der Waals surface area contributed by atoms with Crippen molar-refractivity contribution in [3.8, 4) is 0 Å². The van der Waals surface area contributed by atoms with Crippen LogP contribution in [0.5, 0.6) is 0 Å². The summed E-state index contributed by atoms with van der Waals surface area (Å²) in [5.74, 6) is 0.314. The molecule has 0 aliphatic carbocycles. The van der Waals surface area contributed by atoms with E-state index in [1.807, 2.05) is 0 Å². The molecule has 0 aromatic heterocycles. The van der Waals surface area contributed by atoms with Crippen molar-refractivity contribution >= 4 is 0 Å². The Hall–Kier alpha value is -0.0400. The Morgan fingerprint density at radius 3 is 2.18 bits per heavy atom. The van der Waals surface area contributed by atoms with Crippen LogP contribution in [0.3, 0.4) is 0 Å². The van der Waals surface area contributed by atoms with Crippen LogP contribution in [0.4, 0.5) is 0 Å². The maximum atomic E-state index is 11.4. The molecule has 0 saturated carbocycles. The van der Waals surface area contributed by atoms with Gasteiger partial charge in [0.2, 0.25) is 0 Å². The lowest BCUT2D eigenvalue weighted by Crippen LogP contribution is -2.26. The van der Waals surface area contributed by atoms with Crippen molar-refractivity contribution in [2.45, 2.75) is 59.0 Å². The minimum atomic E-state index is -0.742. The summed E-state index contributed by atoms with van der Waals surface area (Å²) in [5.41, 5.74) is -0.742. The third-order valence-electron chi connectivity index (χ3n) is 2.43. The molecule has 0 aromatic rings. The van der Waals surface area contributed by atoms with E-state index in [0.717, 1.165) is 6.42 Å². The van der Waals surface area contributed by atoms with Crippen molar-refractivity contribution in [1.82, 2.24) is 0 Å². The molecule has 0 heterocycles. The normalized spacial score (nSPS) is 15.0. The molecule has 0 amide bonds. The molecule has 0 bridgehead atoms. The van der Waals surface area contributed by atoms with Crippen LogP contribution < -0.4 is 0 Å². The molecule has 0 fully saturated rings. The first kappa shape index (κ1) is 11.0. The van der Waals surface area contributed by atoms with E-state index in [9.17, 15) is 5.11 Å². The van der Waals surface area contributed by atoms with Crippen molar-refractivity contribution in [2.24, 2.45) is 5.92 Å². The van der Waals surface area contributed by atoms with E-state index in [1.165, 1.54) is 19.3 Å². The van der Waals surface area contributed by atoms with Gasteiger partial charge in [-0.2, -0.15) is 0 Å². The summed E-state index contributed by atoms with van der Waals surface area (Å²) >= 11 is 0. The van der Waals surface area contributed by atoms with E-state index in [-0.39, 0.29) is 0 Å². The zero-order valence-electron chi connectivity index (χ0n) is 8.31. The van der Waals surface area contributed by atoms with E-state index in [2.05, 4.69) is 13.8 Å². The molecule has 0 spiro atoms. The van der Waals surface area contributed by atoms with Gasteiger partial charge in [0, 0.05) is 0 Å². The van der Waals surface area contributed by atoms with Crippen molar-refractivity contribution in [3.63, 3.8) is 0 Å². The van der Waals surface area contributed by atoms with E-state index in [4.69, 9.17) is 0 Å². The van der Waals surface area contributed by atoms with Gasteiger partial charge < -0.3 is 0 Å². The minimum Gasteiger partial charge on any atom is -0.230 e. The zero-order valence-corrected chi connectivity index (χ0v) is 8.31. The van der Waals surface area contributed by atoms with Gasteiger partial charge >= 0.3 is 0 Å². The largest absolute Gasteiger partial charge is 0.230 e. The van der Waals surface area contributed by atoms with Crippen LogP contribution in [0.15, 0.2) is 0 Å². The molecule has 1 unspecified atom stereocenters. The average Bonchev–Trinajstić information content (AvgIpc) is 1.86. The Bertz CT molecular complexity index is 91.5. The fourth-order valence-corrected chi connectivity index (χ4v) is 1.05. The van der Waals surface area contributed by atoms with Gasteiger partial charge in [0.25, 0.3) is 0 Å². The Balaban J connectivity index is 3.44. The van der Waals surface area contributed by atoms with Gasteiger partial charge in [-0.1, -0.05) is 33.1 Å². The molecule has 1 atom stereocenters. The van der Waals surface area contributed by atoms with Gasteiger partial charge in [-0.05, 0) is 26.2 Å². The van der Waals surface area contributed by atoms with Crippen molar-refractivity contribution in [2.75, 3.05) is 0 Å². The van der Waals surface area contributed by atoms with Gasteiger partial charge in [0.05, 0.1) is 0 Å². The second-order valence-corrected chi connectivity index (χ2v) is 4.00. The van der Waals surface area contributed by atoms with E-state index in [1.54, 1.807) is 13.8 Å². The third-order valence-corrected chi connectivity index (χ3v) is 2.43. The van der Waals surface area contributed by atoms with Crippen molar-refractivity contribution < 1.29 is 5.11 Å². The van der Waals surface area contributed by atoms with E-state index in [0.29, 0.717) is 5.92 Å². The molecule has 1 heteroatoms. The number of hydrogen-bond acceptors (Lipinski definition) is 0. The van der Waals surface area contributed by atoms with Crippen LogP contribution in [0.2, 0.25) is 0 Å². The predicted molar refractivity (Wildman–Crippen MR) is 48.1 cm³/mol. The first-order chi connectivity index (χ1) is 4.98. The fraction of sp³-hybridized carbons (Fsp3) is 1.00. The van der Waals surface area contributed by atoms with Gasteiger partial charge in [-0.3, -0.25) is 0 Å². The molecular weight excluding hydrogens is 136 g/mol. The summed E-state index contributed by atoms with van der Waals surface area (Å²) in [5, 5.41) is 11.4. The molecule has 0 rings (SSSR count). The smallest absolute Gasteiger partial charge is 0.101 e. The van der Waals surface area contributed by atoms with Gasteiger partial charge in [0.1, 0.15) is 5.60 Å². The van der Waals surface area contributed by atoms with Crippen LogP contribution in [0, 0.1) is 5.92 Å². The molecule has 0 aromatic carbocycles. The quantitative estimate of drug-likeness (QED) is 0.545. The Labute approximate surface area is 70.8 Å². The van der Waals surface area contributed by atoms with Crippen LogP contribution in [-0.2, 0) is 5.11 Å². The zero-order chi connectivity index (χ0) is 8.91. The summed E-state index contributed by atoms with van der Waals surface area (Å²) in [7, 11) is 0. The summed E-state index contributed by atoms with van der Waals surface area (Å²) in [4.78, 5) is 0. The Morgan fingerprint density at radius 1 is 1.27 bits per heavy atom.